The molecule has 2 aromatic carbocycles. The molecule has 0 aromatic heterocycles. The van der Waals surface area contributed by atoms with Gasteiger partial charge in [0.1, 0.15) is 11.6 Å². The number of benzene rings is 2. The van der Waals surface area contributed by atoms with Crippen LogP contribution < -0.4 is 4.74 Å². The van der Waals surface area contributed by atoms with Crippen molar-refractivity contribution in [2.24, 2.45) is 0 Å². The smallest absolute Gasteiger partial charge is 0.131 e. The molecule has 0 saturated carbocycles. The van der Waals surface area contributed by atoms with Gasteiger partial charge in [-0.2, -0.15) is 0 Å². The van der Waals surface area contributed by atoms with Gasteiger partial charge in [0.25, 0.3) is 0 Å². The summed E-state index contributed by atoms with van der Waals surface area (Å²) in [5.74, 6) is 0.201. The summed E-state index contributed by atoms with van der Waals surface area (Å²) in [6.45, 7) is 0. The number of hydrogen-bond donors (Lipinski definition) is 0. The minimum Gasteiger partial charge on any atom is -0.497 e. The molecule has 2 aromatic rings. The predicted octanol–water partition coefficient (Wildman–Crippen LogP) is 4.81. The molecule has 17 heavy (non-hydrogen) atoms. The summed E-state index contributed by atoms with van der Waals surface area (Å²) in [7, 11) is 1.52. The van der Waals surface area contributed by atoms with Gasteiger partial charge in [0.15, 0.2) is 0 Å². The Labute approximate surface area is 109 Å². The lowest BCUT2D eigenvalue weighted by atomic mass is 10.0. The van der Waals surface area contributed by atoms with Crippen molar-refractivity contribution in [2.75, 3.05) is 7.11 Å². The summed E-state index contributed by atoms with van der Waals surface area (Å²) < 4.78 is 18.8. The van der Waals surface area contributed by atoms with E-state index in [2.05, 4.69) is 0 Å². The fraction of sp³-hybridized carbons (Fsp3) is 0.0769. The van der Waals surface area contributed by atoms with Crippen molar-refractivity contribution >= 4 is 23.2 Å². The molecule has 0 heterocycles. The number of hydrogen-bond acceptors (Lipinski definition) is 1. The van der Waals surface area contributed by atoms with Gasteiger partial charge in [-0.05, 0) is 24.3 Å². The van der Waals surface area contributed by atoms with E-state index in [1.165, 1.54) is 13.2 Å². The first-order valence-corrected chi connectivity index (χ1v) is 5.67. The van der Waals surface area contributed by atoms with Crippen molar-refractivity contribution in [3.63, 3.8) is 0 Å². The first-order chi connectivity index (χ1) is 8.13. The van der Waals surface area contributed by atoms with Crippen LogP contribution in [0.15, 0.2) is 36.4 Å². The minimum absolute atomic E-state index is 0.335. The predicted molar refractivity (Wildman–Crippen MR) is 68.4 cm³/mol. The van der Waals surface area contributed by atoms with Crippen LogP contribution in [0.1, 0.15) is 0 Å². The van der Waals surface area contributed by atoms with Crippen LogP contribution in [0.5, 0.6) is 5.75 Å². The van der Waals surface area contributed by atoms with Crippen LogP contribution in [0.25, 0.3) is 11.1 Å². The normalized spacial score (nSPS) is 10.4. The second kappa shape index (κ2) is 4.94. The molecule has 4 heteroatoms. The summed E-state index contributed by atoms with van der Waals surface area (Å²) in [6, 6.07) is 9.58. The maximum atomic E-state index is 13.7. The molecule has 0 saturated heterocycles. The lowest BCUT2D eigenvalue weighted by Gasteiger charge is -2.09. The van der Waals surface area contributed by atoms with Gasteiger partial charge in [0.2, 0.25) is 0 Å². The monoisotopic (exact) mass is 270 g/mol. The third-order valence-corrected chi connectivity index (χ3v) is 3.23. The molecule has 0 amide bonds. The second-order valence-corrected chi connectivity index (χ2v) is 4.23. The second-order valence-electron chi connectivity index (χ2n) is 3.45. The molecule has 1 nitrogen and oxygen atoms in total. The molecule has 0 fully saturated rings. The molecule has 0 N–H and O–H groups in total. The fourth-order valence-corrected chi connectivity index (χ4v) is 1.95. The first-order valence-electron chi connectivity index (χ1n) is 4.91. The van der Waals surface area contributed by atoms with Crippen molar-refractivity contribution in [1.29, 1.82) is 0 Å². The number of methoxy groups -OCH3 is 1. The highest BCUT2D eigenvalue weighted by atomic mass is 35.5. The summed E-state index contributed by atoms with van der Waals surface area (Å²) in [5.41, 5.74) is 0.924. The van der Waals surface area contributed by atoms with Crippen LogP contribution in [0, 0.1) is 5.82 Å². The molecule has 0 bridgehead atoms. The van der Waals surface area contributed by atoms with Gasteiger partial charge in [-0.25, -0.2) is 4.39 Å². The highest BCUT2D eigenvalue weighted by molar-refractivity contribution is 6.43. The summed E-state index contributed by atoms with van der Waals surface area (Å²) in [4.78, 5) is 0. The van der Waals surface area contributed by atoms with Crippen molar-refractivity contribution in [2.45, 2.75) is 0 Å². The largest absolute Gasteiger partial charge is 0.497 e. The van der Waals surface area contributed by atoms with E-state index < -0.39 is 0 Å². The van der Waals surface area contributed by atoms with Gasteiger partial charge in [-0.3, -0.25) is 0 Å². The molecular formula is C13H9Cl2FO. The summed E-state index contributed by atoms with van der Waals surface area (Å²) in [5, 5.41) is 0.729. The molecule has 0 radical (unpaired) electrons. The maximum absolute atomic E-state index is 13.7. The molecular weight excluding hydrogens is 262 g/mol. The highest BCUT2D eigenvalue weighted by Gasteiger charge is 2.12. The number of ether oxygens (including phenoxy) is 1. The van der Waals surface area contributed by atoms with Gasteiger partial charge >= 0.3 is 0 Å². The Morgan fingerprint density at radius 1 is 1.06 bits per heavy atom. The van der Waals surface area contributed by atoms with E-state index in [0.717, 1.165) is 0 Å². The van der Waals surface area contributed by atoms with Gasteiger partial charge in [0, 0.05) is 11.1 Å². The van der Waals surface area contributed by atoms with Gasteiger partial charge < -0.3 is 4.74 Å². The number of halogens is 3. The lowest BCUT2D eigenvalue weighted by Crippen LogP contribution is -1.89. The molecule has 88 valence electrons. The molecule has 0 aliphatic carbocycles. The van der Waals surface area contributed by atoms with E-state index in [4.69, 9.17) is 27.9 Å². The van der Waals surface area contributed by atoms with Crippen LogP contribution in [0.3, 0.4) is 0 Å². The third-order valence-electron chi connectivity index (χ3n) is 2.42. The maximum Gasteiger partial charge on any atom is 0.131 e. The van der Waals surface area contributed by atoms with Crippen LogP contribution >= 0.6 is 23.2 Å². The molecule has 0 spiro atoms. The van der Waals surface area contributed by atoms with Crippen molar-refractivity contribution in [3.05, 3.63) is 52.3 Å². The minimum atomic E-state index is -0.366. The zero-order valence-corrected chi connectivity index (χ0v) is 10.5. The standard InChI is InChI=1S/C13H9Cl2FO/c1-17-8-5-6-12(16)10(7-8)9-3-2-4-11(14)13(9)15/h2-7H,1H3. The SMILES string of the molecule is COc1ccc(F)c(-c2cccc(Cl)c2Cl)c1. The van der Waals surface area contributed by atoms with Gasteiger partial charge in [0.05, 0.1) is 17.2 Å². The lowest BCUT2D eigenvalue weighted by molar-refractivity contribution is 0.414. The molecule has 0 unspecified atom stereocenters. The highest BCUT2D eigenvalue weighted by Crippen LogP contribution is 2.36. The summed E-state index contributed by atoms with van der Waals surface area (Å²) >= 11 is 12.0. The van der Waals surface area contributed by atoms with Crippen molar-refractivity contribution < 1.29 is 9.13 Å². The van der Waals surface area contributed by atoms with Crippen LogP contribution in [0.2, 0.25) is 10.0 Å². The first kappa shape index (κ1) is 12.2. The van der Waals surface area contributed by atoms with E-state index in [0.29, 0.717) is 26.9 Å². The van der Waals surface area contributed by atoms with E-state index in [-0.39, 0.29) is 5.82 Å². The van der Waals surface area contributed by atoms with Crippen LogP contribution in [0.4, 0.5) is 4.39 Å². The molecule has 2 rings (SSSR count). The fourth-order valence-electron chi connectivity index (χ4n) is 1.55. The molecule has 0 atom stereocenters. The van der Waals surface area contributed by atoms with Gasteiger partial charge in [-0.1, -0.05) is 35.3 Å². The zero-order chi connectivity index (χ0) is 12.4. The summed E-state index contributed by atoms with van der Waals surface area (Å²) in [6.07, 6.45) is 0. The Morgan fingerprint density at radius 2 is 1.82 bits per heavy atom. The van der Waals surface area contributed by atoms with Crippen LogP contribution in [-0.2, 0) is 0 Å². The van der Waals surface area contributed by atoms with Crippen molar-refractivity contribution in [1.82, 2.24) is 0 Å². The van der Waals surface area contributed by atoms with E-state index in [1.54, 1.807) is 30.3 Å². The zero-order valence-electron chi connectivity index (χ0n) is 9.01. The van der Waals surface area contributed by atoms with E-state index in [1.807, 2.05) is 0 Å². The van der Waals surface area contributed by atoms with E-state index in [9.17, 15) is 4.39 Å². The number of rotatable bonds is 2. The Bertz CT molecular complexity index is 555. The Hall–Kier alpha value is -1.25. The average molecular weight is 271 g/mol. The topological polar surface area (TPSA) is 9.23 Å². The Kier molecular flexibility index (Phi) is 3.55. The average Bonchev–Trinajstić information content (AvgIpc) is 2.34. The Morgan fingerprint density at radius 3 is 2.53 bits per heavy atom. The third kappa shape index (κ3) is 2.38. The quantitative estimate of drug-likeness (QED) is 0.761. The molecule has 0 aliphatic heterocycles. The Balaban J connectivity index is 2.63. The van der Waals surface area contributed by atoms with Gasteiger partial charge in [-0.15, -0.1) is 0 Å². The van der Waals surface area contributed by atoms with Crippen LogP contribution in [-0.4, -0.2) is 7.11 Å². The van der Waals surface area contributed by atoms with Crippen molar-refractivity contribution in [3.8, 4) is 16.9 Å². The van der Waals surface area contributed by atoms with E-state index >= 15 is 0 Å². The molecule has 0 aliphatic rings.